The summed E-state index contributed by atoms with van der Waals surface area (Å²) in [7, 11) is 0. The summed E-state index contributed by atoms with van der Waals surface area (Å²) >= 11 is 0. The van der Waals surface area contributed by atoms with Crippen molar-refractivity contribution in [1.82, 2.24) is 0 Å². The molecule has 1 aliphatic rings. The van der Waals surface area contributed by atoms with E-state index in [1.807, 2.05) is 0 Å². The van der Waals surface area contributed by atoms with Gasteiger partial charge in [-0.05, 0) is 25.7 Å². The van der Waals surface area contributed by atoms with Crippen LogP contribution in [0.3, 0.4) is 0 Å². The minimum atomic E-state index is 1.27. The summed E-state index contributed by atoms with van der Waals surface area (Å²) in [6, 6.07) is 0. The molecule has 0 unspecified atom stereocenters. The second kappa shape index (κ2) is 11.0. The summed E-state index contributed by atoms with van der Waals surface area (Å²) in [4.78, 5) is 0. The number of hydrogen-bond donors (Lipinski definition) is 0. The monoisotopic (exact) mass is 220 g/mol. The first kappa shape index (κ1) is 13.5. The van der Waals surface area contributed by atoms with E-state index in [4.69, 9.17) is 0 Å². The maximum Gasteiger partial charge on any atom is -0.0348 e. The van der Waals surface area contributed by atoms with E-state index in [1.54, 1.807) is 0 Å². The lowest BCUT2D eigenvalue weighted by Crippen LogP contribution is -1.82. The van der Waals surface area contributed by atoms with E-state index in [2.05, 4.69) is 24.3 Å². The normalized spacial score (nSPS) is 26.0. The molecule has 92 valence electrons. The van der Waals surface area contributed by atoms with Crippen LogP contribution in [-0.2, 0) is 0 Å². The van der Waals surface area contributed by atoms with E-state index in [9.17, 15) is 0 Å². The second-order valence-corrected chi connectivity index (χ2v) is 4.97. The van der Waals surface area contributed by atoms with Crippen molar-refractivity contribution in [2.45, 2.75) is 77.0 Å². The zero-order valence-corrected chi connectivity index (χ0v) is 10.8. The average molecular weight is 220 g/mol. The van der Waals surface area contributed by atoms with Crippen molar-refractivity contribution in [1.29, 1.82) is 0 Å². The van der Waals surface area contributed by atoms with Crippen LogP contribution in [0.2, 0.25) is 0 Å². The largest absolute Gasteiger partial charge is 0.0845 e. The molecule has 1 rings (SSSR count). The van der Waals surface area contributed by atoms with Gasteiger partial charge in [-0.25, -0.2) is 0 Å². The third-order valence-corrected chi connectivity index (χ3v) is 3.37. The fraction of sp³-hybridized carbons (Fsp3) is 0.750. The maximum absolute atomic E-state index is 2.32. The molecule has 0 heteroatoms. The van der Waals surface area contributed by atoms with Crippen LogP contribution < -0.4 is 0 Å². The smallest absolute Gasteiger partial charge is 0.0348 e. The van der Waals surface area contributed by atoms with E-state index in [1.165, 1.54) is 77.0 Å². The first-order chi connectivity index (χ1) is 8.00. The summed E-state index contributed by atoms with van der Waals surface area (Å²) in [5.74, 6) is 0. The molecule has 0 atom stereocenters. The molecule has 0 aliphatic heterocycles. The summed E-state index contributed by atoms with van der Waals surface area (Å²) in [5, 5.41) is 0. The highest BCUT2D eigenvalue weighted by molar-refractivity contribution is 5.02. The van der Waals surface area contributed by atoms with E-state index < -0.39 is 0 Å². The molecule has 0 spiro atoms. The molecule has 0 aromatic rings. The van der Waals surface area contributed by atoms with Crippen LogP contribution in [0.4, 0.5) is 0 Å². The van der Waals surface area contributed by atoms with Crippen molar-refractivity contribution in [3.63, 3.8) is 0 Å². The minimum Gasteiger partial charge on any atom is -0.0845 e. The summed E-state index contributed by atoms with van der Waals surface area (Å²) < 4.78 is 0. The van der Waals surface area contributed by atoms with Gasteiger partial charge in [-0.3, -0.25) is 0 Å². The van der Waals surface area contributed by atoms with Gasteiger partial charge in [0.25, 0.3) is 0 Å². The van der Waals surface area contributed by atoms with Crippen molar-refractivity contribution in [3.05, 3.63) is 24.3 Å². The lowest BCUT2D eigenvalue weighted by Gasteiger charge is -2.02. The zero-order valence-electron chi connectivity index (χ0n) is 10.8. The molecule has 16 heavy (non-hydrogen) atoms. The van der Waals surface area contributed by atoms with Gasteiger partial charge in [0.2, 0.25) is 0 Å². The van der Waals surface area contributed by atoms with Crippen LogP contribution >= 0.6 is 0 Å². The Labute approximate surface area is 102 Å². The van der Waals surface area contributed by atoms with Gasteiger partial charge in [0, 0.05) is 0 Å². The Balaban J connectivity index is 2.15. The molecule has 0 nitrogen and oxygen atoms in total. The SMILES string of the molecule is C1=C/CCCCCCCCCCCC/C=C/1. The van der Waals surface area contributed by atoms with E-state index in [-0.39, 0.29) is 0 Å². The first-order valence-corrected chi connectivity index (χ1v) is 7.32. The van der Waals surface area contributed by atoms with Gasteiger partial charge in [-0.2, -0.15) is 0 Å². The Bertz CT molecular complexity index is 166. The number of allylic oxidation sites excluding steroid dienone is 4. The molecule has 0 amide bonds. The van der Waals surface area contributed by atoms with Gasteiger partial charge in [-0.1, -0.05) is 75.7 Å². The van der Waals surface area contributed by atoms with E-state index in [0.29, 0.717) is 0 Å². The standard InChI is InChI=1S/C16H28/c1-2-4-6-8-10-12-14-16-15-13-11-9-7-5-3-1/h1-4H,5-16H2/b3-1+,4-2+. The predicted molar refractivity (Wildman–Crippen MR) is 73.7 cm³/mol. The molecule has 0 saturated carbocycles. The Morgan fingerprint density at radius 2 is 0.688 bits per heavy atom. The highest BCUT2D eigenvalue weighted by atomic mass is 14.0. The minimum absolute atomic E-state index is 1.27. The van der Waals surface area contributed by atoms with Gasteiger partial charge >= 0.3 is 0 Å². The third kappa shape index (κ3) is 8.76. The molecular formula is C16H28. The Hall–Kier alpha value is -0.520. The zero-order chi connectivity index (χ0) is 11.3. The Morgan fingerprint density at radius 3 is 1.06 bits per heavy atom. The van der Waals surface area contributed by atoms with Crippen molar-refractivity contribution < 1.29 is 0 Å². The molecule has 0 radical (unpaired) electrons. The first-order valence-electron chi connectivity index (χ1n) is 7.32. The molecule has 0 bridgehead atoms. The molecule has 0 heterocycles. The highest BCUT2D eigenvalue weighted by Gasteiger charge is 1.92. The number of hydrogen-bond acceptors (Lipinski definition) is 0. The molecular weight excluding hydrogens is 192 g/mol. The van der Waals surface area contributed by atoms with Crippen LogP contribution in [0.5, 0.6) is 0 Å². The fourth-order valence-electron chi connectivity index (χ4n) is 2.29. The van der Waals surface area contributed by atoms with Crippen molar-refractivity contribution in [2.24, 2.45) is 0 Å². The number of rotatable bonds is 0. The Kier molecular flexibility index (Phi) is 9.30. The molecule has 0 fully saturated rings. The van der Waals surface area contributed by atoms with Crippen LogP contribution in [0.1, 0.15) is 77.0 Å². The van der Waals surface area contributed by atoms with Crippen LogP contribution in [-0.4, -0.2) is 0 Å². The van der Waals surface area contributed by atoms with Gasteiger partial charge in [0.15, 0.2) is 0 Å². The summed E-state index contributed by atoms with van der Waals surface area (Å²) in [6.45, 7) is 0. The van der Waals surface area contributed by atoms with Gasteiger partial charge in [0.05, 0.1) is 0 Å². The van der Waals surface area contributed by atoms with Crippen LogP contribution in [0, 0.1) is 0 Å². The molecule has 0 N–H and O–H groups in total. The van der Waals surface area contributed by atoms with Crippen molar-refractivity contribution >= 4 is 0 Å². The van der Waals surface area contributed by atoms with Gasteiger partial charge in [-0.15, -0.1) is 0 Å². The third-order valence-electron chi connectivity index (χ3n) is 3.37. The van der Waals surface area contributed by atoms with E-state index >= 15 is 0 Å². The summed E-state index contributed by atoms with van der Waals surface area (Å²) in [5.41, 5.74) is 0. The van der Waals surface area contributed by atoms with Crippen LogP contribution in [0.15, 0.2) is 24.3 Å². The lowest BCUT2D eigenvalue weighted by atomic mass is 10.0. The molecule has 0 aromatic heterocycles. The van der Waals surface area contributed by atoms with Crippen molar-refractivity contribution in [2.75, 3.05) is 0 Å². The molecule has 0 aromatic carbocycles. The highest BCUT2D eigenvalue weighted by Crippen LogP contribution is 2.12. The quantitative estimate of drug-likeness (QED) is 0.484. The van der Waals surface area contributed by atoms with Crippen LogP contribution in [0.25, 0.3) is 0 Å². The second-order valence-electron chi connectivity index (χ2n) is 4.97. The van der Waals surface area contributed by atoms with Gasteiger partial charge in [0.1, 0.15) is 0 Å². The van der Waals surface area contributed by atoms with Gasteiger partial charge < -0.3 is 0 Å². The molecule has 0 saturated heterocycles. The topological polar surface area (TPSA) is 0 Å². The summed E-state index contributed by atoms with van der Waals surface area (Å²) in [6.07, 6.45) is 26.0. The van der Waals surface area contributed by atoms with Crippen molar-refractivity contribution in [3.8, 4) is 0 Å². The predicted octanol–water partition coefficient (Wildman–Crippen LogP) is 5.79. The lowest BCUT2D eigenvalue weighted by molar-refractivity contribution is 0.553. The molecule has 1 aliphatic carbocycles. The average Bonchev–Trinajstić information content (AvgIpc) is 2.29. The maximum atomic E-state index is 2.32. The van der Waals surface area contributed by atoms with E-state index in [0.717, 1.165) is 0 Å². The fourth-order valence-corrected chi connectivity index (χ4v) is 2.29. The Morgan fingerprint density at radius 1 is 0.375 bits per heavy atom.